The van der Waals surface area contributed by atoms with Crippen LogP contribution in [0.15, 0.2) is 44.4 Å². The van der Waals surface area contributed by atoms with E-state index in [2.05, 4.69) is 6.07 Å². The first-order valence-corrected chi connectivity index (χ1v) is 9.63. The van der Waals surface area contributed by atoms with Gasteiger partial charge in [0.1, 0.15) is 11.2 Å². The van der Waals surface area contributed by atoms with Gasteiger partial charge in [-0.3, -0.25) is 4.79 Å². The molecule has 1 heterocycles. The summed E-state index contributed by atoms with van der Waals surface area (Å²) in [4.78, 5) is 25.3. The molecule has 1 aromatic heterocycles. The van der Waals surface area contributed by atoms with Crippen LogP contribution < -0.4 is 5.43 Å². The number of carboxylic acid groups (broad SMARTS) is 1. The maximum atomic E-state index is 13.0. The van der Waals surface area contributed by atoms with Crippen LogP contribution in [0.1, 0.15) is 47.5 Å². The van der Waals surface area contributed by atoms with Gasteiger partial charge in [0.2, 0.25) is 5.43 Å². The Hall–Kier alpha value is -2.27. The van der Waals surface area contributed by atoms with Crippen molar-refractivity contribution in [2.24, 2.45) is 0 Å². The average molecular weight is 354 g/mol. The van der Waals surface area contributed by atoms with Crippen LogP contribution in [0.3, 0.4) is 0 Å². The van der Waals surface area contributed by atoms with Crippen LogP contribution in [-0.4, -0.2) is 17.3 Å². The maximum Gasteiger partial charge on any atom is 0.335 e. The van der Waals surface area contributed by atoms with E-state index in [4.69, 9.17) is 4.42 Å². The lowest BCUT2D eigenvalue weighted by Gasteiger charge is -2.14. The average Bonchev–Trinajstić information content (AvgIpc) is 3.15. The van der Waals surface area contributed by atoms with Gasteiger partial charge in [0.25, 0.3) is 0 Å². The fourth-order valence-corrected chi connectivity index (χ4v) is 4.23. The van der Waals surface area contributed by atoms with E-state index < -0.39 is 5.97 Å². The van der Waals surface area contributed by atoms with E-state index in [1.165, 1.54) is 25.0 Å². The predicted molar refractivity (Wildman–Crippen MR) is 99.9 cm³/mol. The minimum Gasteiger partial charge on any atom is -0.478 e. The zero-order valence-electron chi connectivity index (χ0n) is 13.9. The first-order chi connectivity index (χ1) is 12.1. The molecule has 0 radical (unpaired) electrons. The minimum atomic E-state index is -1.05. The molecule has 25 heavy (non-hydrogen) atoms. The Morgan fingerprint density at radius 3 is 2.60 bits per heavy atom. The molecular weight excluding hydrogens is 336 g/mol. The summed E-state index contributed by atoms with van der Waals surface area (Å²) in [6, 6.07) is 8.47. The third kappa shape index (κ3) is 2.72. The summed E-state index contributed by atoms with van der Waals surface area (Å²) >= 11 is 1.60. The number of thioether (sulfide) groups is 1. The molecule has 0 saturated heterocycles. The van der Waals surface area contributed by atoms with Crippen LogP contribution >= 0.6 is 11.8 Å². The summed E-state index contributed by atoms with van der Waals surface area (Å²) in [5.41, 5.74) is 2.15. The number of carboxylic acids is 1. The van der Waals surface area contributed by atoms with Crippen molar-refractivity contribution >= 4 is 39.7 Å². The van der Waals surface area contributed by atoms with Crippen LogP contribution in [0.25, 0.3) is 21.9 Å². The van der Waals surface area contributed by atoms with Crippen molar-refractivity contribution in [3.8, 4) is 0 Å². The quantitative estimate of drug-likeness (QED) is 0.528. The summed E-state index contributed by atoms with van der Waals surface area (Å²) < 4.78 is 6.10. The van der Waals surface area contributed by atoms with E-state index in [0.717, 1.165) is 23.3 Å². The molecule has 128 valence electrons. The fraction of sp³-hybridized carbons (Fsp3) is 0.300. The first kappa shape index (κ1) is 16.2. The SMILES string of the molecule is CSc1cc(C2CCCC2)c2oc3ccc(C(=O)O)cc3c(=O)c2c1. The Morgan fingerprint density at radius 1 is 1.16 bits per heavy atom. The summed E-state index contributed by atoms with van der Waals surface area (Å²) in [5.74, 6) is -0.626. The number of carbonyl (C=O) groups is 1. The molecular formula is C20H18O4S. The molecule has 0 bridgehead atoms. The Labute approximate surface area is 148 Å². The fourth-order valence-electron chi connectivity index (χ4n) is 3.75. The molecule has 0 amide bonds. The Balaban J connectivity index is 2.07. The second kappa shape index (κ2) is 6.23. The third-order valence-electron chi connectivity index (χ3n) is 5.05. The smallest absolute Gasteiger partial charge is 0.335 e. The number of rotatable bonds is 3. The van der Waals surface area contributed by atoms with Gasteiger partial charge < -0.3 is 9.52 Å². The molecule has 0 unspecified atom stereocenters. The molecule has 2 aromatic carbocycles. The topological polar surface area (TPSA) is 67.5 Å². The number of fused-ring (bicyclic) bond motifs is 2. The lowest BCUT2D eigenvalue weighted by atomic mass is 9.95. The highest BCUT2D eigenvalue weighted by atomic mass is 32.2. The van der Waals surface area contributed by atoms with Crippen LogP contribution in [0.5, 0.6) is 0 Å². The number of benzene rings is 2. The highest BCUT2D eigenvalue weighted by molar-refractivity contribution is 7.98. The highest BCUT2D eigenvalue weighted by Gasteiger charge is 2.23. The predicted octanol–water partition coefficient (Wildman–Crippen LogP) is 5.02. The van der Waals surface area contributed by atoms with E-state index in [1.807, 2.05) is 12.3 Å². The third-order valence-corrected chi connectivity index (χ3v) is 5.76. The van der Waals surface area contributed by atoms with Gasteiger partial charge in [-0.15, -0.1) is 11.8 Å². The van der Waals surface area contributed by atoms with Crippen molar-refractivity contribution in [2.45, 2.75) is 36.5 Å². The lowest BCUT2D eigenvalue weighted by Crippen LogP contribution is -2.07. The summed E-state index contributed by atoms with van der Waals surface area (Å²) in [5, 5.41) is 10.0. The highest BCUT2D eigenvalue weighted by Crippen LogP contribution is 2.39. The van der Waals surface area contributed by atoms with Crippen LogP contribution in [0.2, 0.25) is 0 Å². The number of aromatic carboxylic acids is 1. The molecule has 1 N–H and O–H groups in total. The van der Waals surface area contributed by atoms with Crippen molar-refractivity contribution in [1.29, 1.82) is 0 Å². The molecule has 1 aliphatic carbocycles. The normalized spacial score (nSPS) is 15.2. The van der Waals surface area contributed by atoms with E-state index in [-0.39, 0.29) is 11.0 Å². The van der Waals surface area contributed by atoms with Crippen LogP contribution in [-0.2, 0) is 0 Å². The molecule has 0 aliphatic heterocycles. The molecule has 1 fully saturated rings. The van der Waals surface area contributed by atoms with Gasteiger partial charge in [0, 0.05) is 4.90 Å². The number of hydrogen-bond acceptors (Lipinski definition) is 4. The Morgan fingerprint density at radius 2 is 1.92 bits per heavy atom. The summed E-state index contributed by atoms with van der Waals surface area (Å²) in [7, 11) is 0. The van der Waals surface area contributed by atoms with Crippen molar-refractivity contribution in [2.75, 3.05) is 6.26 Å². The van der Waals surface area contributed by atoms with Gasteiger partial charge in [-0.2, -0.15) is 0 Å². The molecule has 3 aromatic rings. The molecule has 4 nitrogen and oxygen atoms in total. The van der Waals surface area contributed by atoms with E-state index >= 15 is 0 Å². The summed E-state index contributed by atoms with van der Waals surface area (Å²) in [6.07, 6.45) is 6.63. The monoisotopic (exact) mass is 354 g/mol. The van der Waals surface area contributed by atoms with Crippen LogP contribution in [0.4, 0.5) is 0 Å². The molecule has 5 heteroatoms. The van der Waals surface area contributed by atoms with Crippen LogP contribution in [0, 0.1) is 0 Å². The van der Waals surface area contributed by atoms with E-state index in [1.54, 1.807) is 17.8 Å². The molecule has 1 aliphatic rings. The second-order valence-corrected chi connectivity index (χ2v) is 7.40. The molecule has 4 rings (SSSR count). The second-order valence-electron chi connectivity index (χ2n) is 6.52. The summed E-state index contributed by atoms with van der Waals surface area (Å²) in [6.45, 7) is 0. The maximum absolute atomic E-state index is 13.0. The van der Waals surface area contributed by atoms with Crippen molar-refractivity contribution in [3.63, 3.8) is 0 Å². The number of hydrogen-bond donors (Lipinski definition) is 1. The molecule has 0 atom stereocenters. The van der Waals surface area contributed by atoms with Crippen molar-refractivity contribution in [3.05, 3.63) is 51.7 Å². The van der Waals surface area contributed by atoms with Gasteiger partial charge in [0.15, 0.2) is 0 Å². The van der Waals surface area contributed by atoms with Crippen molar-refractivity contribution in [1.82, 2.24) is 0 Å². The molecule has 1 saturated carbocycles. The minimum absolute atomic E-state index is 0.0937. The molecule has 0 spiro atoms. The largest absolute Gasteiger partial charge is 0.478 e. The van der Waals surface area contributed by atoms with Gasteiger partial charge >= 0.3 is 5.97 Å². The van der Waals surface area contributed by atoms with Gasteiger partial charge in [-0.05, 0) is 60.9 Å². The van der Waals surface area contributed by atoms with Gasteiger partial charge in [0.05, 0.1) is 16.3 Å². The van der Waals surface area contributed by atoms with Gasteiger partial charge in [-0.25, -0.2) is 4.79 Å². The zero-order valence-corrected chi connectivity index (χ0v) is 14.7. The lowest BCUT2D eigenvalue weighted by molar-refractivity contribution is 0.0697. The first-order valence-electron chi connectivity index (χ1n) is 8.40. The van der Waals surface area contributed by atoms with Gasteiger partial charge in [-0.1, -0.05) is 12.8 Å². The van der Waals surface area contributed by atoms with E-state index in [9.17, 15) is 14.7 Å². The Kier molecular flexibility index (Phi) is 4.04. The van der Waals surface area contributed by atoms with E-state index in [0.29, 0.717) is 27.9 Å². The standard InChI is InChI=1S/C20H18O4S/c1-25-13-9-14(11-4-2-3-5-11)19-16(10-13)18(21)15-8-12(20(22)23)6-7-17(15)24-19/h6-11H,2-5H2,1H3,(H,22,23). The Bertz CT molecular complexity index is 1040. The van der Waals surface area contributed by atoms with Crippen molar-refractivity contribution < 1.29 is 14.3 Å². The zero-order chi connectivity index (χ0) is 17.6.